The van der Waals surface area contributed by atoms with E-state index in [9.17, 15) is 14.9 Å². The highest BCUT2D eigenvalue weighted by Gasteiger charge is 2.14. The highest BCUT2D eigenvalue weighted by atomic mass is 79.9. The van der Waals surface area contributed by atoms with Crippen molar-refractivity contribution in [1.82, 2.24) is 9.99 Å². The van der Waals surface area contributed by atoms with Crippen LogP contribution in [0.15, 0.2) is 44.7 Å². The number of nitriles is 1. The van der Waals surface area contributed by atoms with Crippen LogP contribution in [0.1, 0.15) is 22.4 Å². The molecule has 8 heteroatoms. The van der Waals surface area contributed by atoms with Gasteiger partial charge in [0.25, 0.3) is 11.5 Å². The van der Waals surface area contributed by atoms with Crippen LogP contribution < -0.4 is 11.0 Å². The topological polar surface area (TPSA) is 96.5 Å². The van der Waals surface area contributed by atoms with Gasteiger partial charge in [0.15, 0.2) is 0 Å². The first-order chi connectivity index (χ1) is 12.5. The third-order valence-electron chi connectivity index (χ3n) is 3.55. The molecule has 0 fully saturated rings. The van der Waals surface area contributed by atoms with Gasteiger partial charge in [-0.15, -0.1) is 0 Å². The summed E-state index contributed by atoms with van der Waals surface area (Å²) in [6, 6.07) is 11.0. The number of hydrazone groups is 1. The summed E-state index contributed by atoms with van der Waals surface area (Å²) in [6.07, 6.45) is 1.50. The van der Waals surface area contributed by atoms with E-state index in [0.29, 0.717) is 11.3 Å². The number of aryl methyl sites for hydroxylation is 1. The molecule has 1 N–H and O–H groups in total. The van der Waals surface area contributed by atoms with Gasteiger partial charge in [-0.3, -0.25) is 9.59 Å². The van der Waals surface area contributed by atoms with E-state index in [1.807, 2.05) is 30.3 Å². The second-order valence-corrected chi connectivity index (χ2v) is 6.39. The number of benzene rings is 1. The fraction of sp³-hybridized carbons (Fsp3) is 0.222. The summed E-state index contributed by atoms with van der Waals surface area (Å²) < 4.78 is 7.14. The molecule has 1 aromatic heterocycles. The highest BCUT2D eigenvalue weighted by molar-refractivity contribution is 9.10. The largest absolute Gasteiger partial charge is 0.380 e. The summed E-state index contributed by atoms with van der Waals surface area (Å²) in [4.78, 5) is 24.5. The van der Waals surface area contributed by atoms with E-state index in [0.717, 1.165) is 10.0 Å². The molecule has 2 rings (SSSR count). The number of nitrogens with zero attached hydrogens (tertiary/aromatic N) is 3. The van der Waals surface area contributed by atoms with E-state index in [2.05, 4.69) is 26.5 Å². The molecule has 26 heavy (non-hydrogen) atoms. The predicted octanol–water partition coefficient (Wildman–Crippen LogP) is 2.09. The second kappa shape index (κ2) is 9.08. The van der Waals surface area contributed by atoms with Crippen molar-refractivity contribution < 1.29 is 9.53 Å². The molecule has 1 amide bonds. The first-order valence-electron chi connectivity index (χ1n) is 7.66. The van der Waals surface area contributed by atoms with Crippen molar-refractivity contribution in [2.75, 3.05) is 7.11 Å². The predicted molar refractivity (Wildman–Crippen MR) is 101 cm³/mol. The molecule has 0 saturated heterocycles. The SMILES string of the molecule is COCc1cc(C)n(CC(=O)NN=Cc2cccc(Br)c2)c(=O)c1C#N. The summed E-state index contributed by atoms with van der Waals surface area (Å²) in [5.41, 5.74) is 3.70. The number of hydrogen-bond donors (Lipinski definition) is 1. The summed E-state index contributed by atoms with van der Waals surface area (Å²) >= 11 is 3.35. The number of carbonyl (C=O) groups is 1. The first kappa shape index (κ1) is 19.6. The van der Waals surface area contributed by atoms with E-state index >= 15 is 0 Å². The van der Waals surface area contributed by atoms with Gasteiger partial charge in [-0.05, 0) is 30.7 Å². The maximum absolute atomic E-state index is 12.4. The smallest absolute Gasteiger partial charge is 0.269 e. The minimum atomic E-state index is -0.523. The van der Waals surface area contributed by atoms with Gasteiger partial charge in [0, 0.05) is 22.8 Å². The molecule has 1 heterocycles. The minimum absolute atomic E-state index is 0.0251. The molecule has 0 aliphatic carbocycles. The number of methoxy groups -OCH3 is 1. The van der Waals surface area contributed by atoms with Crippen LogP contribution in [0.2, 0.25) is 0 Å². The summed E-state index contributed by atoms with van der Waals surface area (Å²) in [5.74, 6) is -0.468. The normalized spacial score (nSPS) is 10.7. The lowest BCUT2D eigenvalue weighted by atomic mass is 10.1. The van der Waals surface area contributed by atoms with Crippen LogP contribution >= 0.6 is 15.9 Å². The van der Waals surface area contributed by atoms with Gasteiger partial charge in [-0.1, -0.05) is 28.1 Å². The Morgan fingerprint density at radius 1 is 1.46 bits per heavy atom. The number of ether oxygens (including phenoxy) is 1. The van der Waals surface area contributed by atoms with Crippen LogP contribution in [-0.4, -0.2) is 23.8 Å². The maximum Gasteiger partial charge on any atom is 0.269 e. The Hall–Kier alpha value is -2.76. The lowest BCUT2D eigenvalue weighted by Crippen LogP contribution is -2.33. The molecule has 7 nitrogen and oxygen atoms in total. The lowest BCUT2D eigenvalue weighted by Gasteiger charge is -2.12. The summed E-state index contributed by atoms with van der Waals surface area (Å²) in [6.45, 7) is 1.62. The van der Waals surface area contributed by atoms with Crippen molar-refractivity contribution in [3.63, 3.8) is 0 Å². The van der Waals surface area contributed by atoms with Crippen molar-refractivity contribution in [1.29, 1.82) is 5.26 Å². The van der Waals surface area contributed by atoms with Gasteiger partial charge in [0.2, 0.25) is 0 Å². The number of hydrogen-bond acceptors (Lipinski definition) is 5. The zero-order valence-electron chi connectivity index (χ0n) is 14.3. The minimum Gasteiger partial charge on any atom is -0.380 e. The van der Waals surface area contributed by atoms with Crippen LogP contribution in [0.5, 0.6) is 0 Å². The van der Waals surface area contributed by atoms with E-state index in [4.69, 9.17) is 4.74 Å². The molecular weight excluding hydrogens is 400 g/mol. The van der Waals surface area contributed by atoms with Crippen LogP contribution in [0.3, 0.4) is 0 Å². The Bertz CT molecular complexity index is 944. The fourth-order valence-corrected chi connectivity index (χ4v) is 2.78. The average molecular weight is 417 g/mol. The molecule has 134 valence electrons. The third-order valence-corrected chi connectivity index (χ3v) is 4.05. The van der Waals surface area contributed by atoms with Gasteiger partial charge in [0.1, 0.15) is 18.2 Å². The number of nitrogens with one attached hydrogen (secondary N) is 1. The standard InChI is InChI=1S/C18H17BrN4O3/c1-12-6-14(11-26-2)16(8-20)18(25)23(12)10-17(24)22-21-9-13-4-3-5-15(19)7-13/h3-7,9H,10-11H2,1-2H3,(H,22,24). The van der Waals surface area contributed by atoms with Gasteiger partial charge in [-0.2, -0.15) is 10.4 Å². The fourth-order valence-electron chi connectivity index (χ4n) is 2.36. The van der Waals surface area contributed by atoms with Crippen molar-refractivity contribution in [3.8, 4) is 6.07 Å². The van der Waals surface area contributed by atoms with Crippen LogP contribution in [0, 0.1) is 18.3 Å². The van der Waals surface area contributed by atoms with Crippen LogP contribution in [-0.2, 0) is 22.7 Å². The Morgan fingerprint density at radius 3 is 2.88 bits per heavy atom. The van der Waals surface area contributed by atoms with E-state index in [1.54, 1.807) is 13.0 Å². The van der Waals surface area contributed by atoms with Crippen molar-refractivity contribution >= 4 is 28.1 Å². The zero-order chi connectivity index (χ0) is 19.1. The van der Waals surface area contributed by atoms with E-state index < -0.39 is 11.5 Å². The average Bonchev–Trinajstić information content (AvgIpc) is 2.59. The van der Waals surface area contributed by atoms with Gasteiger partial charge < -0.3 is 9.30 Å². The van der Waals surface area contributed by atoms with Crippen molar-refractivity contribution in [2.24, 2.45) is 5.10 Å². The highest BCUT2D eigenvalue weighted by Crippen LogP contribution is 2.10. The Balaban J connectivity index is 2.14. The monoisotopic (exact) mass is 416 g/mol. The maximum atomic E-state index is 12.4. The molecule has 0 bridgehead atoms. The van der Waals surface area contributed by atoms with Crippen molar-refractivity contribution in [2.45, 2.75) is 20.1 Å². The Morgan fingerprint density at radius 2 is 2.23 bits per heavy atom. The quantitative estimate of drug-likeness (QED) is 0.575. The first-order valence-corrected chi connectivity index (χ1v) is 8.45. The number of aromatic nitrogens is 1. The number of pyridine rings is 1. The third kappa shape index (κ3) is 4.88. The Labute approximate surface area is 159 Å². The van der Waals surface area contributed by atoms with Crippen molar-refractivity contribution in [3.05, 3.63) is 67.5 Å². The second-order valence-electron chi connectivity index (χ2n) is 5.47. The van der Waals surface area contributed by atoms with E-state index in [1.165, 1.54) is 17.9 Å². The number of halogens is 1. The Kier molecular flexibility index (Phi) is 6.83. The van der Waals surface area contributed by atoms with Crippen LogP contribution in [0.25, 0.3) is 0 Å². The van der Waals surface area contributed by atoms with Gasteiger partial charge in [-0.25, -0.2) is 5.43 Å². The zero-order valence-corrected chi connectivity index (χ0v) is 15.9. The van der Waals surface area contributed by atoms with E-state index in [-0.39, 0.29) is 18.7 Å². The van der Waals surface area contributed by atoms with Gasteiger partial charge in [0.05, 0.1) is 12.8 Å². The van der Waals surface area contributed by atoms with Gasteiger partial charge >= 0.3 is 0 Å². The molecule has 0 atom stereocenters. The molecular formula is C18H17BrN4O3. The molecule has 0 unspecified atom stereocenters. The molecule has 0 spiro atoms. The summed E-state index contributed by atoms with van der Waals surface area (Å²) in [5, 5.41) is 13.1. The molecule has 0 radical (unpaired) electrons. The summed E-state index contributed by atoms with van der Waals surface area (Å²) in [7, 11) is 1.48. The number of rotatable bonds is 6. The molecule has 2 aromatic rings. The molecule has 1 aromatic carbocycles. The molecule has 0 aliphatic heterocycles. The number of amides is 1. The number of carbonyl (C=O) groups excluding carboxylic acids is 1. The molecule has 0 aliphatic rings. The lowest BCUT2D eigenvalue weighted by molar-refractivity contribution is -0.121. The molecule has 0 saturated carbocycles. The van der Waals surface area contributed by atoms with Crippen LogP contribution in [0.4, 0.5) is 0 Å².